The molecule has 0 bridgehead atoms. The Kier molecular flexibility index (Phi) is 6.52. The lowest BCUT2D eigenvalue weighted by Gasteiger charge is -2.06. The molecule has 0 aliphatic carbocycles. The van der Waals surface area contributed by atoms with Crippen LogP contribution in [0.5, 0.6) is 0 Å². The SMILES string of the molecule is CCCCCCCCC(O)c1cnns1. The van der Waals surface area contributed by atoms with Crippen molar-refractivity contribution in [3.8, 4) is 0 Å². The largest absolute Gasteiger partial charge is 0.387 e. The Hall–Kier alpha value is -0.480. The molecule has 1 N–H and O–H groups in total. The summed E-state index contributed by atoms with van der Waals surface area (Å²) in [5.74, 6) is 0. The summed E-state index contributed by atoms with van der Waals surface area (Å²) in [6, 6.07) is 0. The summed E-state index contributed by atoms with van der Waals surface area (Å²) >= 11 is 1.29. The Balaban J connectivity index is 2.00. The van der Waals surface area contributed by atoms with E-state index >= 15 is 0 Å². The lowest BCUT2D eigenvalue weighted by atomic mass is 10.1. The molecule has 1 unspecified atom stereocenters. The Labute approximate surface area is 95.7 Å². The highest BCUT2D eigenvalue weighted by Crippen LogP contribution is 2.21. The van der Waals surface area contributed by atoms with Crippen LogP contribution in [0.2, 0.25) is 0 Å². The monoisotopic (exact) mass is 228 g/mol. The molecule has 1 aromatic rings. The number of aliphatic hydroxyl groups excluding tert-OH is 1. The first-order valence-electron chi connectivity index (χ1n) is 5.80. The summed E-state index contributed by atoms with van der Waals surface area (Å²) in [4.78, 5) is 0.892. The first kappa shape index (κ1) is 12.6. The maximum atomic E-state index is 9.74. The van der Waals surface area contributed by atoms with Gasteiger partial charge in [0.05, 0.1) is 17.2 Å². The number of rotatable bonds is 8. The molecule has 0 saturated carbocycles. The lowest BCUT2D eigenvalue weighted by Crippen LogP contribution is -1.94. The van der Waals surface area contributed by atoms with Crippen LogP contribution in [0.1, 0.15) is 62.9 Å². The highest BCUT2D eigenvalue weighted by Gasteiger charge is 2.08. The van der Waals surface area contributed by atoms with Crippen molar-refractivity contribution in [3.63, 3.8) is 0 Å². The Bertz CT molecular complexity index is 239. The quantitative estimate of drug-likeness (QED) is 0.694. The molecule has 1 rings (SSSR count). The van der Waals surface area contributed by atoms with Gasteiger partial charge in [-0.2, -0.15) is 0 Å². The average molecular weight is 228 g/mol. The molecule has 0 aliphatic heterocycles. The van der Waals surface area contributed by atoms with E-state index in [-0.39, 0.29) is 6.10 Å². The first-order chi connectivity index (χ1) is 7.34. The second-order valence-corrected chi connectivity index (χ2v) is 4.71. The van der Waals surface area contributed by atoms with Gasteiger partial charge in [-0.3, -0.25) is 0 Å². The van der Waals surface area contributed by atoms with Gasteiger partial charge in [-0.05, 0) is 18.0 Å². The summed E-state index contributed by atoms with van der Waals surface area (Å²) in [5, 5.41) is 13.5. The van der Waals surface area contributed by atoms with Gasteiger partial charge in [0.15, 0.2) is 0 Å². The average Bonchev–Trinajstić information content (AvgIpc) is 2.76. The highest BCUT2D eigenvalue weighted by molar-refractivity contribution is 7.05. The van der Waals surface area contributed by atoms with Crippen molar-refractivity contribution >= 4 is 11.5 Å². The van der Waals surface area contributed by atoms with Crippen molar-refractivity contribution < 1.29 is 5.11 Å². The van der Waals surface area contributed by atoms with E-state index in [0.717, 1.165) is 17.7 Å². The molecular weight excluding hydrogens is 208 g/mol. The number of nitrogens with zero attached hydrogens (tertiary/aromatic N) is 2. The summed E-state index contributed by atoms with van der Waals surface area (Å²) in [7, 11) is 0. The molecule has 0 aromatic carbocycles. The third-order valence-corrected chi connectivity index (χ3v) is 3.30. The van der Waals surface area contributed by atoms with E-state index in [1.54, 1.807) is 6.20 Å². The number of aromatic nitrogens is 2. The zero-order valence-corrected chi connectivity index (χ0v) is 10.2. The second kappa shape index (κ2) is 7.77. The number of aliphatic hydroxyl groups is 1. The molecule has 1 atom stereocenters. The topological polar surface area (TPSA) is 46.0 Å². The van der Waals surface area contributed by atoms with Gasteiger partial charge in [0.25, 0.3) is 0 Å². The summed E-state index contributed by atoms with van der Waals surface area (Å²) in [6.07, 6.45) is 9.72. The number of unbranched alkanes of at least 4 members (excludes halogenated alkanes) is 5. The van der Waals surface area contributed by atoms with Gasteiger partial charge in [-0.15, -0.1) is 5.10 Å². The van der Waals surface area contributed by atoms with Gasteiger partial charge in [0.2, 0.25) is 0 Å². The standard InChI is InChI=1S/C11H20N2OS/c1-2-3-4-5-6-7-8-10(14)11-9-12-13-15-11/h9-10,14H,2-8H2,1H3. The Morgan fingerprint density at radius 1 is 1.27 bits per heavy atom. The van der Waals surface area contributed by atoms with Crippen LogP contribution in [-0.2, 0) is 0 Å². The van der Waals surface area contributed by atoms with Crippen molar-refractivity contribution in [1.82, 2.24) is 9.59 Å². The van der Waals surface area contributed by atoms with E-state index in [4.69, 9.17) is 0 Å². The molecule has 1 heterocycles. The fourth-order valence-corrected chi connectivity index (χ4v) is 2.10. The van der Waals surface area contributed by atoms with Crippen LogP contribution in [0, 0.1) is 0 Å². The fraction of sp³-hybridized carbons (Fsp3) is 0.818. The van der Waals surface area contributed by atoms with Gasteiger partial charge < -0.3 is 5.11 Å². The minimum absolute atomic E-state index is 0.351. The molecule has 0 fully saturated rings. The zero-order valence-electron chi connectivity index (χ0n) is 9.35. The van der Waals surface area contributed by atoms with Crippen molar-refractivity contribution in [2.45, 2.75) is 58.0 Å². The Morgan fingerprint density at radius 2 is 2.00 bits per heavy atom. The van der Waals surface area contributed by atoms with E-state index in [1.165, 1.54) is 43.6 Å². The van der Waals surface area contributed by atoms with Crippen molar-refractivity contribution in [2.75, 3.05) is 0 Å². The van der Waals surface area contributed by atoms with Crippen LogP contribution in [0.25, 0.3) is 0 Å². The van der Waals surface area contributed by atoms with Crippen molar-refractivity contribution in [2.24, 2.45) is 0 Å². The summed E-state index contributed by atoms with van der Waals surface area (Å²) in [6.45, 7) is 2.22. The number of hydrogen-bond acceptors (Lipinski definition) is 4. The molecule has 86 valence electrons. The molecular formula is C11H20N2OS. The predicted octanol–water partition coefficient (Wildman–Crippen LogP) is 3.32. The van der Waals surface area contributed by atoms with Crippen molar-refractivity contribution in [1.29, 1.82) is 0 Å². The maximum Gasteiger partial charge on any atom is 0.0914 e. The van der Waals surface area contributed by atoms with Gasteiger partial charge >= 0.3 is 0 Å². The minimum Gasteiger partial charge on any atom is -0.387 e. The minimum atomic E-state index is -0.351. The Morgan fingerprint density at radius 3 is 2.67 bits per heavy atom. The molecule has 3 nitrogen and oxygen atoms in total. The van der Waals surface area contributed by atoms with Crippen molar-refractivity contribution in [3.05, 3.63) is 11.1 Å². The third-order valence-electron chi connectivity index (χ3n) is 2.54. The molecule has 0 radical (unpaired) electrons. The number of hydrogen-bond donors (Lipinski definition) is 1. The van der Waals surface area contributed by atoms with Gasteiger partial charge in [0.1, 0.15) is 0 Å². The zero-order chi connectivity index (χ0) is 10.9. The van der Waals surface area contributed by atoms with Crippen LogP contribution in [0.3, 0.4) is 0 Å². The third kappa shape index (κ3) is 5.23. The lowest BCUT2D eigenvalue weighted by molar-refractivity contribution is 0.167. The van der Waals surface area contributed by atoms with Gasteiger partial charge in [0, 0.05) is 0 Å². The molecule has 0 saturated heterocycles. The van der Waals surface area contributed by atoms with Crippen LogP contribution >= 0.6 is 11.5 Å². The van der Waals surface area contributed by atoms with Crippen LogP contribution in [-0.4, -0.2) is 14.7 Å². The smallest absolute Gasteiger partial charge is 0.0914 e. The summed E-state index contributed by atoms with van der Waals surface area (Å²) < 4.78 is 3.74. The van der Waals surface area contributed by atoms with E-state index in [1.807, 2.05) is 0 Å². The fourth-order valence-electron chi connectivity index (χ4n) is 1.58. The second-order valence-electron chi connectivity index (χ2n) is 3.89. The molecule has 0 amide bonds. The molecule has 15 heavy (non-hydrogen) atoms. The van der Waals surface area contributed by atoms with Crippen LogP contribution in [0.15, 0.2) is 6.20 Å². The maximum absolute atomic E-state index is 9.74. The summed E-state index contributed by atoms with van der Waals surface area (Å²) in [5.41, 5.74) is 0. The van der Waals surface area contributed by atoms with E-state index in [0.29, 0.717) is 0 Å². The van der Waals surface area contributed by atoms with E-state index in [9.17, 15) is 5.11 Å². The van der Waals surface area contributed by atoms with E-state index in [2.05, 4.69) is 16.5 Å². The first-order valence-corrected chi connectivity index (χ1v) is 6.57. The van der Waals surface area contributed by atoms with Gasteiger partial charge in [-0.1, -0.05) is 49.9 Å². The normalized spacial score (nSPS) is 12.9. The van der Waals surface area contributed by atoms with E-state index < -0.39 is 0 Å². The van der Waals surface area contributed by atoms with Crippen LogP contribution < -0.4 is 0 Å². The molecule has 0 spiro atoms. The van der Waals surface area contributed by atoms with Gasteiger partial charge in [-0.25, -0.2) is 0 Å². The molecule has 0 aliphatic rings. The van der Waals surface area contributed by atoms with Crippen LogP contribution in [0.4, 0.5) is 0 Å². The molecule has 1 aromatic heterocycles. The predicted molar refractivity (Wildman–Crippen MR) is 62.9 cm³/mol. The molecule has 4 heteroatoms. The highest BCUT2D eigenvalue weighted by atomic mass is 32.1.